The lowest BCUT2D eigenvalue weighted by atomic mass is 9.98. The fourth-order valence-corrected chi connectivity index (χ4v) is 4.88. The van der Waals surface area contributed by atoms with Crippen LogP contribution < -0.4 is 16.2 Å². The van der Waals surface area contributed by atoms with E-state index in [9.17, 15) is 15.0 Å². The van der Waals surface area contributed by atoms with E-state index in [0.29, 0.717) is 5.01 Å². The second-order valence-corrected chi connectivity index (χ2v) is 9.48. The van der Waals surface area contributed by atoms with Crippen molar-refractivity contribution in [1.82, 2.24) is 4.98 Å². The van der Waals surface area contributed by atoms with Gasteiger partial charge in [-0.05, 0) is 80.2 Å². The van der Waals surface area contributed by atoms with E-state index in [0.717, 1.165) is 65.1 Å². The summed E-state index contributed by atoms with van der Waals surface area (Å²) >= 11 is 2.57. The Morgan fingerprint density at radius 3 is 2.68 bits per heavy atom. The summed E-state index contributed by atoms with van der Waals surface area (Å²) in [5, 5.41) is 28.2. The molecule has 28 heavy (non-hydrogen) atoms. The first kappa shape index (κ1) is 21.1. The molecule has 2 aromatic rings. The molecule has 0 bridgehead atoms. The largest absolute Gasteiger partial charge is 0.388 e. The zero-order valence-corrected chi connectivity index (χ0v) is 17.6. The highest BCUT2D eigenvalue weighted by Crippen LogP contribution is 2.42. The molecule has 9 heteroatoms. The number of urea groups is 1. The van der Waals surface area contributed by atoms with Gasteiger partial charge in [0.15, 0.2) is 0 Å². The van der Waals surface area contributed by atoms with Crippen molar-refractivity contribution in [2.75, 3.05) is 5.32 Å². The number of nitrogens with two attached hydrogens (primary N) is 2. The van der Waals surface area contributed by atoms with Gasteiger partial charge in [0.05, 0.1) is 16.5 Å². The van der Waals surface area contributed by atoms with Gasteiger partial charge in [0.2, 0.25) is 0 Å². The Hall–Kier alpha value is -1.65. The molecule has 4 rings (SSSR count). The van der Waals surface area contributed by atoms with Gasteiger partial charge in [-0.1, -0.05) is 6.07 Å². The van der Waals surface area contributed by atoms with Crippen LogP contribution in [0.15, 0.2) is 16.5 Å². The number of nitrogens with zero attached hydrogens (tertiary/aromatic N) is 1. The number of nitrogens with one attached hydrogen (secondary N) is 1. The molecule has 2 aliphatic rings. The van der Waals surface area contributed by atoms with Gasteiger partial charge in [-0.2, -0.15) is 0 Å². The average molecular weight is 423 g/mol. The maximum absolute atomic E-state index is 11.1. The van der Waals surface area contributed by atoms with Crippen LogP contribution in [0.5, 0.6) is 0 Å². The lowest BCUT2D eigenvalue weighted by Gasteiger charge is -2.15. The number of fused-ring (bicyclic) bond motifs is 2. The number of carbonyl (C=O) groups excluding carboxylic acids is 1. The predicted molar refractivity (Wildman–Crippen MR) is 112 cm³/mol. The van der Waals surface area contributed by atoms with E-state index in [4.69, 9.17) is 10.9 Å². The van der Waals surface area contributed by atoms with Gasteiger partial charge >= 0.3 is 6.03 Å². The number of aryl methyl sites for hydroxylation is 1. The van der Waals surface area contributed by atoms with Gasteiger partial charge < -0.3 is 21.3 Å². The van der Waals surface area contributed by atoms with Gasteiger partial charge in [0.1, 0.15) is 10.6 Å². The van der Waals surface area contributed by atoms with Crippen molar-refractivity contribution < 1.29 is 15.0 Å². The first-order chi connectivity index (χ1) is 13.2. The number of hydrogen-bond acceptors (Lipinski definition) is 7. The molecule has 1 atom stereocenters. The molecule has 1 aromatic heterocycles. The summed E-state index contributed by atoms with van der Waals surface area (Å²) in [7, 11) is 0. The van der Waals surface area contributed by atoms with Crippen molar-refractivity contribution in [2.24, 2.45) is 10.9 Å². The Bertz CT molecular complexity index is 877. The monoisotopic (exact) mass is 422 g/mol. The molecule has 7 nitrogen and oxygen atoms in total. The number of hydrogen-bond donors (Lipinski definition) is 5. The van der Waals surface area contributed by atoms with Crippen LogP contribution in [0.4, 0.5) is 10.5 Å². The molecule has 1 heterocycles. The number of thiazole rings is 1. The van der Waals surface area contributed by atoms with E-state index < -0.39 is 11.6 Å². The van der Waals surface area contributed by atoms with Crippen molar-refractivity contribution in [2.45, 2.75) is 61.9 Å². The Morgan fingerprint density at radius 1 is 1.36 bits per heavy atom. The Morgan fingerprint density at radius 2 is 2.11 bits per heavy atom. The topological polar surface area (TPSA) is 134 Å². The maximum atomic E-state index is 11.1. The number of aliphatic hydroxyl groups excluding tert-OH is 1. The molecule has 0 aliphatic heterocycles. The molecule has 152 valence electrons. The van der Waals surface area contributed by atoms with Crippen LogP contribution in [0.25, 0.3) is 0 Å². The van der Waals surface area contributed by atoms with Crippen LogP contribution in [0.1, 0.15) is 60.1 Å². The summed E-state index contributed by atoms with van der Waals surface area (Å²) in [4.78, 5) is 15.1. The number of amides is 2. The van der Waals surface area contributed by atoms with Gasteiger partial charge in [0, 0.05) is 5.69 Å². The molecule has 0 saturated heterocycles. The highest BCUT2D eigenvalue weighted by molar-refractivity contribution is 7.99. The van der Waals surface area contributed by atoms with E-state index in [1.807, 2.05) is 0 Å². The van der Waals surface area contributed by atoms with Crippen LogP contribution in [0.2, 0.25) is 0 Å². The van der Waals surface area contributed by atoms with Crippen LogP contribution in [-0.2, 0) is 24.9 Å². The van der Waals surface area contributed by atoms with E-state index >= 15 is 0 Å². The second-order valence-electron chi connectivity index (χ2n) is 7.52. The van der Waals surface area contributed by atoms with Crippen molar-refractivity contribution in [3.63, 3.8) is 0 Å². The normalized spacial score (nSPS) is 17.5. The number of rotatable bonds is 3. The van der Waals surface area contributed by atoms with Crippen molar-refractivity contribution in [1.29, 1.82) is 0 Å². The first-order valence-corrected chi connectivity index (χ1v) is 10.9. The van der Waals surface area contributed by atoms with Gasteiger partial charge in [-0.15, -0.1) is 11.3 Å². The highest BCUT2D eigenvalue weighted by Gasteiger charge is 2.28. The van der Waals surface area contributed by atoms with Crippen molar-refractivity contribution in [3.8, 4) is 0 Å². The molecule has 1 aromatic carbocycles. The van der Waals surface area contributed by atoms with E-state index in [1.54, 1.807) is 20.0 Å². The summed E-state index contributed by atoms with van der Waals surface area (Å²) in [5.41, 5.74) is 9.80. The van der Waals surface area contributed by atoms with Gasteiger partial charge in [0.25, 0.3) is 0 Å². The zero-order valence-electron chi connectivity index (χ0n) is 16.0. The smallest absolute Gasteiger partial charge is 0.316 e. The zero-order chi connectivity index (χ0) is 20.5. The molecule has 1 unspecified atom stereocenters. The molecule has 0 radical (unpaired) electrons. The second kappa shape index (κ2) is 8.38. The Balaban J connectivity index is 0.000000178. The summed E-state index contributed by atoms with van der Waals surface area (Å²) < 4.78 is 0.919. The number of aromatic nitrogens is 1. The molecule has 2 aliphatic carbocycles. The van der Waals surface area contributed by atoms with Crippen LogP contribution in [0, 0.1) is 0 Å². The molecule has 0 fully saturated rings. The van der Waals surface area contributed by atoms with Crippen LogP contribution >= 0.6 is 23.3 Å². The fourth-order valence-electron chi connectivity index (χ4n) is 3.69. The van der Waals surface area contributed by atoms with E-state index in [-0.39, 0.29) is 6.10 Å². The number of carbonyl (C=O) groups is 1. The lowest BCUT2D eigenvalue weighted by molar-refractivity contribution is 0.0783. The minimum atomic E-state index is -0.849. The first-order valence-electron chi connectivity index (χ1n) is 9.18. The Labute approximate surface area is 172 Å². The number of benzene rings is 1. The highest BCUT2D eigenvalue weighted by atomic mass is 32.2. The minimum absolute atomic E-state index is 0.385. The molecular weight excluding hydrogens is 396 g/mol. The SMILES string of the molecule is CC(C)(O)c1ncc(SN)s1.NC(=O)Nc1c2c(cc3c1CCC3O)CCC2. The van der Waals surface area contributed by atoms with Crippen LogP contribution in [0.3, 0.4) is 0 Å². The van der Waals surface area contributed by atoms with E-state index in [1.165, 1.54) is 22.5 Å². The van der Waals surface area contributed by atoms with Gasteiger partial charge in [-0.25, -0.2) is 9.78 Å². The number of anilines is 1. The average Bonchev–Trinajstić information content (AvgIpc) is 3.34. The fraction of sp³-hybridized carbons (Fsp3) is 0.474. The summed E-state index contributed by atoms with van der Waals surface area (Å²) in [6.45, 7) is 3.41. The summed E-state index contributed by atoms with van der Waals surface area (Å²) in [6, 6.07) is 1.59. The van der Waals surface area contributed by atoms with Gasteiger partial charge in [-0.3, -0.25) is 5.14 Å². The minimum Gasteiger partial charge on any atom is -0.388 e. The quantitative estimate of drug-likeness (QED) is 0.483. The molecular formula is C19H26N4O3S2. The number of primary amides is 1. The maximum Gasteiger partial charge on any atom is 0.316 e. The summed E-state index contributed by atoms with van der Waals surface area (Å²) in [5.74, 6) is 0. The molecule has 7 N–H and O–H groups in total. The van der Waals surface area contributed by atoms with Crippen molar-refractivity contribution >= 4 is 35.0 Å². The predicted octanol–water partition coefficient (Wildman–Crippen LogP) is 2.98. The lowest BCUT2D eigenvalue weighted by Crippen LogP contribution is -2.21. The third-order valence-electron chi connectivity index (χ3n) is 4.94. The van der Waals surface area contributed by atoms with E-state index in [2.05, 4.69) is 16.4 Å². The third-order valence-corrected chi connectivity index (χ3v) is 6.92. The standard InChI is InChI=1S/C13H16N2O2.C6H10N2OS2/c14-13(17)15-12-8-3-1-2-7(8)6-10-9(12)4-5-11(10)16;1-6(2,9)5-8-3-4(10-5)11-7/h6,11,16H,1-5H2,(H3,14,15,17);3,9H,7H2,1-2H3. The summed E-state index contributed by atoms with van der Waals surface area (Å²) in [6.07, 6.45) is 5.98. The molecule has 2 amide bonds. The molecule has 0 spiro atoms. The Kier molecular flexibility index (Phi) is 6.31. The van der Waals surface area contributed by atoms with Crippen molar-refractivity contribution in [3.05, 3.63) is 39.5 Å². The number of aliphatic hydroxyl groups is 2. The molecule has 0 saturated carbocycles. The van der Waals surface area contributed by atoms with Crippen LogP contribution in [-0.4, -0.2) is 21.2 Å². The third kappa shape index (κ3) is 4.49.